The van der Waals surface area contributed by atoms with Gasteiger partial charge in [0.25, 0.3) is 0 Å². The van der Waals surface area contributed by atoms with Gasteiger partial charge in [-0.25, -0.2) is 0 Å². The van der Waals surface area contributed by atoms with E-state index in [-0.39, 0.29) is 93.9 Å². The molecule has 0 heterocycles. The summed E-state index contributed by atoms with van der Waals surface area (Å²) >= 11 is 0. The van der Waals surface area contributed by atoms with Crippen molar-refractivity contribution < 1.29 is 37.2 Å². The van der Waals surface area contributed by atoms with Gasteiger partial charge in [-0.2, -0.15) is 0 Å². The average Bonchev–Trinajstić information content (AvgIpc) is 0. The van der Waals surface area contributed by atoms with Gasteiger partial charge in [0.15, 0.2) is 0 Å². The van der Waals surface area contributed by atoms with Gasteiger partial charge < -0.3 is 74.1 Å². The van der Waals surface area contributed by atoms with Crippen LogP contribution in [0.3, 0.4) is 0 Å². The van der Waals surface area contributed by atoms with E-state index in [0.717, 1.165) is 0 Å². The van der Waals surface area contributed by atoms with Crippen molar-refractivity contribution in [3.8, 4) is 0 Å². The van der Waals surface area contributed by atoms with Crippen LogP contribution < -0.4 is 74.1 Å². The van der Waals surface area contributed by atoms with Gasteiger partial charge in [0, 0.05) is 0 Å². The maximum Gasteiger partial charge on any atom is 3.00 e. The van der Waals surface area contributed by atoms with Crippen LogP contribution in [0.15, 0.2) is 0 Å². The average molecular weight is 278 g/mol. The van der Waals surface area contributed by atoms with E-state index < -0.39 is 0 Å². The molecule has 0 rings (SSSR count). The first-order valence-corrected chi connectivity index (χ1v) is 0. The van der Waals surface area contributed by atoms with Crippen molar-refractivity contribution in [1.82, 2.24) is 36.9 Å². The number of hydrogen-bond acceptors (Lipinski definition) is 6. The minimum Gasteiger partial charge on any atom is -1.00 e. The summed E-state index contributed by atoms with van der Waals surface area (Å²) in [5, 5.41) is 0. The molecule has 0 atom stereocenters. The van der Waals surface area contributed by atoms with E-state index in [2.05, 4.69) is 0 Å². The fraction of sp³-hybridized carbons (Fsp3) is 0. The second-order valence-corrected chi connectivity index (χ2v) is 0. The molecule has 0 radical (unpaired) electrons. The molecule has 0 spiro atoms. The SMILES string of the molecule is N.N.N.N.N.N.[Cl-].[Cl-].[Cl-].[Ga+3]. The molecule has 18 N–H and O–H groups in total. The molecule has 10 heavy (non-hydrogen) atoms. The Morgan fingerprint density at radius 1 is 0.300 bits per heavy atom. The van der Waals surface area contributed by atoms with Crippen molar-refractivity contribution in [3.63, 3.8) is 0 Å². The number of halogens is 3. The van der Waals surface area contributed by atoms with Crippen molar-refractivity contribution in [2.75, 3.05) is 0 Å². The molecule has 0 aliphatic rings. The minimum atomic E-state index is 0. The van der Waals surface area contributed by atoms with Gasteiger partial charge in [-0.05, 0) is 0 Å². The van der Waals surface area contributed by atoms with Crippen LogP contribution in [0.25, 0.3) is 0 Å². The second kappa shape index (κ2) is 550. The van der Waals surface area contributed by atoms with Crippen molar-refractivity contribution in [2.45, 2.75) is 0 Å². The second-order valence-electron chi connectivity index (χ2n) is 0. The zero-order chi connectivity index (χ0) is 0. The molecule has 6 nitrogen and oxygen atoms in total. The molecule has 10 heteroatoms. The normalized spacial score (nSPS) is 0. The van der Waals surface area contributed by atoms with Crippen molar-refractivity contribution >= 4 is 19.8 Å². The molecule has 0 saturated heterocycles. The summed E-state index contributed by atoms with van der Waals surface area (Å²) in [6.07, 6.45) is 0. The van der Waals surface area contributed by atoms with Gasteiger partial charge in [0.2, 0.25) is 0 Å². The van der Waals surface area contributed by atoms with Crippen LogP contribution in [0.5, 0.6) is 0 Å². The molecule has 0 saturated carbocycles. The molecule has 0 aromatic rings. The van der Waals surface area contributed by atoms with Gasteiger partial charge in [0.1, 0.15) is 0 Å². The fourth-order valence-corrected chi connectivity index (χ4v) is 0. The van der Waals surface area contributed by atoms with Crippen LogP contribution in [-0.4, -0.2) is 19.8 Å². The molecule has 72 valence electrons. The third-order valence-electron chi connectivity index (χ3n) is 0. The molecule has 0 bridgehead atoms. The summed E-state index contributed by atoms with van der Waals surface area (Å²) in [6, 6.07) is 0. The molecule has 0 fully saturated rings. The summed E-state index contributed by atoms with van der Waals surface area (Å²) in [7, 11) is 0. The van der Waals surface area contributed by atoms with Crippen LogP contribution in [0.4, 0.5) is 0 Å². The largest absolute Gasteiger partial charge is 3.00 e. The topological polar surface area (TPSA) is 210 Å². The van der Waals surface area contributed by atoms with Crippen molar-refractivity contribution in [2.24, 2.45) is 0 Å². The predicted molar refractivity (Wildman–Crippen MR) is 35.9 cm³/mol. The quantitative estimate of drug-likeness (QED) is 0.236. The zero-order valence-corrected chi connectivity index (χ0v) is 10.6. The van der Waals surface area contributed by atoms with Gasteiger partial charge in [-0.15, -0.1) is 0 Å². The maximum atomic E-state index is 0. The molecule has 0 aliphatic carbocycles. The first kappa shape index (κ1) is 740. The first-order valence-electron chi connectivity index (χ1n) is 0. The van der Waals surface area contributed by atoms with Crippen LogP contribution in [0.2, 0.25) is 0 Å². The van der Waals surface area contributed by atoms with E-state index in [0.29, 0.717) is 0 Å². The van der Waals surface area contributed by atoms with Crippen LogP contribution >= 0.6 is 0 Å². The smallest absolute Gasteiger partial charge is 1.00 e. The summed E-state index contributed by atoms with van der Waals surface area (Å²) in [5.41, 5.74) is 0. The van der Waals surface area contributed by atoms with Gasteiger partial charge >= 0.3 is 19.8 Å². The molecule has 0 unspecified atom stereocenters. The molecule has 0 aliphatic heterocycles. The number of hydrogen-bond donors (Lipinski definition) is 6. The monoisotopic (exact) mass is 276 g/mol. The zero-order valence-electron chi connectivity index (χ0n) is 5.95. The fourth-order valence-electron chi connectivity index (χ4n) is 0. The molecular formula is H18Cl3GaN6. The minimum absolute atomic E-state index is 0. The molecule has 0 aromatic heterocycles. The third-order valence-corrected chi connectivity index (χ3v) is 0. The van der Waals surface area contributed by atoms with E-state index in [1.165, 1.54) is 0 Å². The predicted octanol–water partition coefficient (Wildman–Crippen LogP) is -8.40. The third kappa shape index (κ3) is 395. The van der Waals surface area contributed by atoms with E-state index in [1.807, 2.05) is 0 Å². The Labute approximate surface area is 93.8 Å². The van der Waals surface area contributed by atoms with E-state index in [9.17, 15) is 0 Å². The van der Waals surface area contributed by atoms with Crippen LogP contribution in [-0.2, 0) is 0 Å². The van der Waals surface area contributed by atoms with E-state index in [1.54, 1.807) is 0 Å². The first-order chi connectivity index (χ1) is 0. The molecular weight excluding hydrogens is 260 g/mol. The summed E-state index contributed by atoms with van der Waals surface area (Å²) in [6.45, 7) is 0. The summed E-state index contributed by atoms with van der Waals surface area (Å²) in [4.78, 5) is 0. The van der Waals surface area contributed by atoms with E-state index in [4.69, 9.17) is 0 Å². The Morgan fingerprint density at radius 2 is 0.300 bits per heavy atom. The van der Waals surface area contributed by atoms with Crippen molar-refractivity contribution in [3.05, 3.63) is 0 Å². The van der Waals surface area contributed by atoms with Gasteiger partial charge in [-0.1, -0.05) is 0 Å². The summed E-state index contributed by atoms with van der Waals surface area (Å²) < 4.78 is 0. The Hall–Kier alpha value is 1.27. The van der Waals surface area contributed by atoms with Crippen LogP contribution in [0.1, 0.15) is 0 Å². The Morgan fingerprint density at radius 3 is 0.300 bits per heavy atom. The van der Waals surface area contributed by atoms with Crippen LogP contribution in [0, 0.1) is 0 Å². The Balaban J connectivity index is 0. The Bertz CT molecular complexity index is 13.0. The van der Waals surface area contributed by atoms with Gasteiger partial charge in [0.05, 0.1) is 0 Å². The maximum absolute atomic E-state index is 0. The molecule has 0 amide bonds. The molecule has 0 aromatic carbocycles. The summed E-state index contributed by atoms with van der Waals surface area (Å²) in [5.74, 6) is 0. The van der Waals surface area contributed by atoms with E-state index >= 15 is 0 Å². The Kier molecular flexibility index (Phi) is 40700. The van der Waals surface area contributed by atoms with Crippen molar-refractivity contribution in [1.29, 1.82) is 0 Å². The van der Waals surface area contributed by atoms with Gasteiger partial charge in [-0.3, -0.25) is 0 Å². The number of rotatable bonds is 0. The standard InChI is InChI=1S/3ClH.Ga.6H3N/h3*1H;;6*1H3/q;;;+3;;;;;;/p-3.